The number of halogens is 1. The Morgan fingerprint density at radius 2 is 2.06 bits per heavy atom. The molecule has 0 aromatic heterocycles. The molecule has 1 N–H and O–H groups in total. The minimum absolute atomic E-state index is 0.231. The fourth-order valence-corrected chi connectivity index (χ4v) is 1.28. The molecular weight excluding hydrogens is 219 g/mol. The van der Waals surface area contributed by atoms with Crippen molar-refractivity contribution >= 4 is 0 Å². The van der Waals surface area contributed by atoms with Gasteiger partial charge >= 0.3 is 0 Å². The van der Waals surface area contributed by atoms with Gasteiger partial charge in [0.25, 0.3) is 0 Å². The van der Waals surface area contributed by atoms with Gasteiger partial charge in [-0.3, -0.25) is 5.32 Å². The van der Waals surface area contributed by atoms with E-state index in [2.05, 4.69) is 11.4 Å². The van der Waals surface area contributed by atoms with Crippen LogP contribution in [0, 0.1) is 17.1 Å². The Morgan fingerprint density at radius 3 is 2.59 bits per heavy atom. The van der Waals surface area contributed by atoms with Crippen molar-refractivity contribution in [3.63, 3.8) is 0 Å². The lowest BCUT2D eigenvalue weighted by atomic mass is 10.1. The van der Waals surface area contributed by atoms with Gasteiger partial charge in [-0.05, 0) is 44.2 Å². The van der Waals surface area contributed by atoms with Crippen LogP contribution in [-0.2, 0) is 0 Å². The Balaban J connectivity index is 2.53. The molecule has 4 heteroatoms. The number of nitrogens with zero attached hydrogens (tertiary/aromatic N) is 1. The standard InChI is InChI=1S/C13H17FN2O/c1-3-8-16-13(2,9-15)10-17-12-6-4-11(14)5-7-12/h4-7,16H,3,8,10H2,1-2H3. The van der Waals surface area contributed by atoms with Crippen LogP contribution in [0.2, 0.25) is 0 Å². The zero-order valence-corrected chi connectivity index (χ0v) is 10.2. The number of benzene rings is 1. The van der Waals surface area contributed by atoms with Crippen molar-refractivity contribution in [3.05, 3.63) is 30.1 Å². The zero-order chi connectivity index (χ0) is 12.7. The zero-order valence-electron chi connectivity index (χ0n) is 10.2. The molecule has 3 nitrogen and oxygen atoms in total. The van der Waals surface area contributed by atoms with E-state index in [9.17, 15) is 4.39 Å². The summed E-state index contributed by atoms with van der Waals surface area (Å²) in [6.07, 6.45) is 0.952. The molecule has 0 aliphatic rings. The van der Waals surface area contributed by atoms with Crippen LogP contribution >= 0.6 is 0 Å². The molecular formula is C13H17FN2O. The third-order valence-corrected chi connectivity index (χ3v) is 2.35. The van der Waals surface area contributed by atoms with Gasteiger partial charge < -0.3 is 4.74 Å². The van der Waals surface area contributed by atoms with Gasteiger partial charge in [-0.25, -0.2) is 4.39 Å². The minimum Gasteiger partial charge on any atom is -0.491 e. The molecule has 1 rings (SSSR count). The van der Waals surface area contributed by atoms with Gasteiger partial charge in [0.15, 0.2) is 0 Å². The summed E-state index contributed by atoms with van der Waals surface area (Å²) in [5, 5.41) is 12.2. The molecule has 0 spiro atoms. The highest BCUT2D eigenvalue weighted by Crippen LogP contribution is 2.13. The normalized spacial score (nSPS) is 13.8. The van der Waals surface area contributed by atoms with Crippen molar-refractivity contribution in [2.45, 2.75) is 25.8 Å². The summed E-state index contributed by atoms with van der Waals surface area (Å²) in [5.74, 6) is 0.260. The number of nitriles is 1. The van der Waals surface area contributed by atoms with E-state index in [1.165, 1.54) is 12.1 Å². The summed E-state index contributed by atoms with van der Waals surface area (Å²) < 4.78 is 18.1. The van der Waals surface area contributed by atoms with E-state index in [1.54, 1.807) is 19.1 Å². The van der Waals surface area contributed by atoms with Crippen LogP contribution in [0.1, 0.15) is 20.3 Å². The fourth-order valence-electron chi connectivity index (χ4n) is 1.28. The summed E-state index contributed by atoms with van der Waals surface area (Å²) in [4.78, 5) is 0. The molecule has 0 saturated carbocycles. The maximum absolute atomic E-state index is 12.7. The van der Waals surface area contributed by atoms with Gasteiger partial charge in [-0.15, -0.1) is 0 Å². The van der Waals surface area contributed by atoms with E-state index >= 15 is 0 Å². The molecule has 1 aromatic rings. The van der Waals surface area contributed by atoms with E-state index in [0.29, 0.717) is 5.75 Å². The average Bonchev–Trinajstić information content (AvgIpc) is 2.36. The van der Waals surface area contributed by atoms with E-state index in [4.69, 9.17) is 10.00 Å². The second kappa shape index (κ2) is 6.21. The summed E-state index contributed by atoms with van der Waals surface area (Å²) in [7, 11) is 0. The summed E-state index contributed by atoms with van der Waals surface area (Å²) >= 11 is 0. The predicted molar refractivity (Wildman–Crippen MR) is 64.2 cm³/mol. The molecule has 0 heterocycles. The molecule has 0 bridgehead atoms. The SMILES string of the molecule is CCCNC(C)(C#N)COc1ccc(F)cc1. The van der Waals surface area contributed by atoms with Gasteiger partial charge in [0.2, 0.25) is 0 Å². The number of nitrogens with one attached hydrogen (secondary N) is 1. The van der Waals surface area contributed by atoms with E-state index in [0.717, 1.165) is 13.0 Å². The Hall–Kier alpha value is -1.60. The molecule has 1 aromatic carbocycles. The molecule has 1 atom stereocenters. The molecule has 1 unspecified atom stereocenters. The lowest BCUT2D eigenvalue weighted by Crippen LogP contribution is -2.46. The van der Waals surface area contributed by atoms with Crippen molar-refractivity contribution in [3.8, 4) is 11.8 Å². The first-order valence-electron chi connectivity index (χ1n) is 5.64. The van der Waals surface area contributed by atoms with Crippen LogP contribution in [0.15, 0.2) is 24.3 Å². The highest BCUT2D eigenvalue weighted by atomic mass is 19.1. The van der Waals surface area contributed by atoms with Crippen molar-refractivity contribution in [2.24, 2.45) is 0 Å². The van der Waals surface area contributed by atoms with Gasteiger partial charge in [-0.2, -0.15) is 5.26 Å². The monoisotopic (exact) mass is 236 g/mol. The third kappa shape index (κ3) is 4.41. The van der Waals surface area contributed by atoms with Gasteiger partial charge in [0.05, 0.1) is 6.07 Å². The lowest BCUT2D eigenvalue weighted by molar-refractivity contribution is 0.234. The van der Waals surface area contributed by atoms with E-state index in [-0.39, 0.29) is 12.4 Å². The smallest absolute Gasteiger partial charge is 0.138 e. The number of hydrogen-bond acceptors (Lipinski definition) is 3. The van der Waals surface area contributed by atoms with Crippen molar-refractivity contribution < 1.29 is 9.13 Å². The Labute approximate surface area is 101 Å². The molecule has 0 saturated heterocycles. The third-order valence-electron chi connectivity index (χ3n) is 2.35. The molecule has 0 fully saturated rings. The Bertz CT molecular complexity index is 385. The van der Waals surface area contributed by atoms with Crippen LogP contribution in [0.5, 0.6) is 5.75 Å². The molecule has 0 aliphatic heterocycles. The topological polar surface area (TPSA) is 45.0 Å². The van der Waals surface area contributed by atoms with Crippen molar-refractivity contribution in [2.75, 3.05) is 13.2 Å². The van der Waals surface area contributed by atoms with E-state index < -0.39 is 5.54 Å². The molecule has 0 radical (unpaired) electrons. The van der Waals surface area contributed by atoms with Gasteiger partial charge in [0, 0.05) is 0 Å². The van der Waals surface area contributed by atoms with Crippen LogP contribution in [-0.4, -0.2) is 18.7 Å². The quantitative estimate of drug-likeness (QED) is 0.825. The largest absolute Gasteiger partial charge is 0.491 e. The summed E-state index contributed by atoms with van der Waals surface area (Å²) in [5.41, 5.74) is -0.718. The molecule has 17 heavy (non-hydrogen) atoms. The first kappa shape index (κ1) is 13.5. The second-order valence-electron chi connectivity index (χ2n) is 4.11. The highest BCUT2D eigenvalue weighted by molar-refractivity contribution is 5.22. The van der Waals surface area contributed by atoms with E-state index in [1.807, 2.05) is 6.92 Å². The number of ether oxygens (including phenoxy) is 1. The first-order valence-corrected chi connectivity index (χ1v) is 5.64. The van der Waals surface area contributed by atoms with Crippen molar-refractivity contribution in [1.29, 1.82) is 5.26 Å². The molecule has 0 amide bonds. The van der Waals surface area contributed by atoms with Crippen LogP contribution in [0.4, 0.5) is 4.39 Å². The summed E-state index contributed by atoms with van der Waals surface area (Å²) in [6, 6.07) is 7.95. The van der Waals surface area contributed by atoms with Crippen LogP contribution < -0.4 is 10.1 Å². The maximum Gasteiger partial charge on any atom is 0.138 e. The lowest BCUT2D eigenvalue weighted by Gasteiger charge is -2.23. The van der Waals surface area contributed by atoms with Crippen LogP contribution in [0.3, 0.4) is 0 Å². The van der Waals surface area contributed by atoms with Gasteiger partial charge in [0.1, 0.15) is 23.7 Å². The minimum atomic E-state index is -0.718. The van der Waals surface area contributed by atoms with Crippen LogP contribution in [0.25, 0.3) is 0 Å². The van der Waals surface area contributed by atoms with Gasteiger partial charge in [-0.1, -0.05) is 6.92 Å². The number of rotatable bonds is 6. The molecule has 92 valence electrons. The maximum atomic E-state index is 12.7. The second-order valence-corrected chi connectivity index (χ2v) is 4.11. The first-order chi connectivity index (χ1) is 8.09. The summed E-state index contributed by atoms with van der Waals surface area (Å²) in [6.45, 7) is 4.81. The average molecular weight is 236 g/mol. The molecule has 0 aliphatic carbocycles. The number of hydrogen-bond donors (Lipinski definition) is 1. The van der Waals surface area contributed by atoms with Crippen molar-refractivity contribution in [1.82, 2.24) is 5.32 Å². The fraction of sp³-hybridized carbons (Fsp3) is 0.462. The predicted octanol–water partition coefficient (Wildman–Crippen LogP) is 2.49. The Kier molecular flexibility index (Phi) is 4.92. The highest BCUT2D eigenvalue weighted by Gasteiger charge is 2.23. The Morgan fingerprint density at radius 1 is 1.41 bits per heavy atom.